The van der Waals surface area contributed by atoms with Crippen LogP contribution in [-0.4, -0.2) is 36.2 Å². The van der Waals surface area contributed by atoms with Crippen molar-refractivity contribution >= 4 is 17.6 Å². The molecule has 6 heteroatoms. The molecule has 2 rings (SSSR count). The summed E-state index contributed by atoms with van der Waals surface area (Å²) in [6.07, 6.45) is 0.533. The number of hydrogen-bond acceptors (Lipinski definition) is 4. The number of methoxy groups -OCH3 is 1. The second-order valence-corrected chi connectivity index (χ2v) is 6.13. The topological polar surface area (TPSA) is 87.7 Å². The zero-order valence-electron chi connectivity index (χ0n) is 14.9. The maximum absolute atomic E-state index is 12.2. The van der Waals surface area contributed by atoms with Crippen molar-refractivity contribution in [2.45, 2.75) is 31.8 Å². The van der Waals surface area contributed by atoms with Gasteiger partial charge >= 0.3 is 5.97 Å². The highest BCUT2D eigenvalue weighted by Crippen LogP contribution is 2.15. The van der Waals surface area contributed by atoms with Gasteiger partial charge in [-0.25, -0.2) is 0 Å². The van der Waals surface area contributed by atoms with Crippen LogP contribution in [0.3, 0.4) is 0 Å². The molecule has 1 amide bonds. The molecule has 2 atom stereocenters. The molecule has 0 aromatic heterocycles. The Balaban J connectivity index is 1.87. The lowest BCUT2D eigenvalue weighted by Crippen LogP contribution is -2.44. The summed E-state index contributed by atoms with van der Waals surface area (Å²) in [5.41, 5.74) is 1.60. The second-order valence-electron chi connectivity index (χ2n) is 6.13. The average Bonchev–Trinajstić information content (AvgIpc) is 2.62. The van der Waals surface area contributed by atoms with Gasteiger partial charge in [-0.3, -0.25) is 9.59 Å². The molecule has 3 N–H and O–H groups in total. The van der Waals surface area contributed by atoms with Crippen molar-refractivity contribution in [2.24, 2.45) is 0 Å². The summed E-state index contributed by atoms with van der Waals surface area (Å²) in [5, 5.41) is 15.2. The lowest BCUT2D eigenvalue weighted by molar-refractivity contribution is -0.139. The van der Waals surface area contributed by atoms with Crippen LogP contribution in [0.2, 0.25) is 0 Å². The molecule has 1 unspecified atom stereocenters. The minimum atomic E-state index is -0.934. The van der Waals surface area contributed by atoms with E-state index in [0.29, 0.717) is 17.9 Å². The van der Waals surface area contributed by atoms with E-state index >= 15 is 0 Å². The molecule has 0 aliphatic carbocycles. The summed E-state index contributed by atoms with van der Waals surface area (Å²) in [6, 6.07) is 15.4. The third-order valence-corrected chi connectivity index (χ3v) is 3.93. The minimum absolute atomic E-state index is 0.171. The number of aliphatic carboxylic acids is 1. The quantitative estimate of drug-likeness (QED) is 0.643. The number of carboxylic acids is 1. The molecule has 0 fully saturated rings. The van der Waals surface area contributed by atoms with Gasteiger partial charge in [-0.05, 0) is 43.2 Å². The number of anilines is 1. The van der Waals surface area contributed by atoms with Crippen molar-refractivity contribution in [1.82, 2.24) is 5.32 Å². The molecule has 2 aromatic rings. The molecule has 0 spiro atoms. The number of carboxylic acid groups (broad SMARTS) is 1. The number of nitrogens with one attached hydrogen (secondary N) is 2. The molecular formula is C20H24N2O4. The average molecular weight is 356 g/mol. The summed E-state index contributed by atoms with van der Waals surface area (Å²) in [6.45, 7) is 1.80. The number of carbonyl (C=O) groups excluding carboxylic acids is 1. The van der Waals surface area contributed by atoms with E-state index < -0.39 is 12.0 Å². The Kier molecular flexibility index (Phi) is 7.17. The van der Waals surface area contributed by atoms with Crippen molar-refractivity contribution in [2.75, 3.05) is 12.4 Å². The van der Waals surface area contributed by atoms with Gasteiger partial charge in [0.2, 0.25) is 5.91 Å². The fourth-order valence-corrected chi connectivity index (χ4v) is 2.63. The van der Waals surface area contributed by atoms with Gasteiger partial charge in [0.1, 0.15) is 11.8 Å². The summed E-state index contributed by atoms with van der Waals surface area (Å²) in [7, 11) is 1.58. The van der Waals surface area contributed by atoms with Gasteiger partial charge in [0, 0.05) is 18.2 Å². The Hall–Kier alpha value is -2.86. The Morgan fingerprint density at radius 2 is 1.73 bits per heavy atom. The maximum atomic E-state index is 12.2. The number of carbonyl (C=O) groups is 2. The Morgan fingerprint density at radius 3 is 2.31 bits per heavy atom. The standard InChI is InChI=1S/C20H24N2O4/c1-14(12-19(23)22-16-8-10-17(26-2)11-9-16)21-18(20(24)25)13-15-6-4-3-5-7-15/h3-11,14,18,21H,12-13H2,1-2H3,(H,22,23)(H,24,25)/t14?,18-/m0/s1. The van der Waals surface area contributed by atoms with Gasteiger partial charge in [0.25, 0.3) is 0 Å². The Morgan fingerprint density at radius 1 is 1.08 bits per heavy atom. The van der Waals surface area contributed by atoms with Crippen LogP contribution in [0.4, 0.5) is 5.69 Å². The predicted octanol–water partition coefficient (Wildman–Crippen LogP) is 2.70. The highest BCUT2D eigenvalue weighted by atomic mass is 16.5. The van der Waals surface area contributed by atoms with E-state index in [1.54, 1.807) is 38.3 Å². The zero-order chi connectivity index (χ0) is 18.9. The first-order valence-corrected chi connectivity index (χ1v) is 8.44. The van der Waals surface area contributed by atoms with Crippen molar-refractivity contribution in [3.63, 3.8) is 0 Å². The van der Waals surface area contributed by atoms with Gasteiger partial charge in [0.05, 0.1) is 7.11 Å². The van der Waals surface area contributed by atoms with Crippen molar-refractivity contribution in [3.8, 4) is 5.75 Å². The van der Waals surface area contributed by atoms with Crippen LogP contribution in [0.15, 0.2) is 54.6 Å². The fraction of sp³-hybridized carbons (Fsp3) is 0.300. The van der Waals surface area contributed by atoms with Crippen LogP contribution in [0.25, 0.3) is 0 Å². The fourth-order valence-electron chi connectivity index (χ4n) is 2.63. The van der Waals surface area contributed by atoms with Crippen LogP contribution < -0.4 is 15.4 Å². The highest BCUT2D eigenvalue weighted by molar-refractivity contribution is 5.91. The Labute approximate surface area is 153 Å². The molecule has 0 heterocycles. The predicted molar refractivity (Wildman–Crippen MR) is 100 cm³/mol. The van der Waals surface area contributed by atoms with E-state index in [9.17, 15) is 14.7 Å². The summed E-state index contributed by atoms with van der Waals surface area (Å²) >= 11 is 0. The normalized spacial score (nSPS) is 12.8. The van der Waals surface area contributed by atoms with E-state index in [1.807, 2.05) is 30.3 Å². The number of ether oxygens (including phenoxy) is 1. The molecule has 138 valence electrons. The molecule has 26 heavy (non-hydrogen) atoms. The van der Waals surface area contributed by atoms with Gasteiger partial charge in [-0.2, -0.15) is 0 Å². The van der Waals surface area contributed by atoms with Crippen LogP contribution >= 0.6 is 0 Å². The lowest BCUT2D eigenvalue weighted by Gasteiger charge is -2.20. The van der Waals surface area contributed by atoms with Gasteiger partial charge in [-0.1, -0.05) is 30.3 Å². The summed E-state index contributed by atoms with van der Waals surface area (Å²) < 4.78 is 5.08. The van der Waals surface area contributed by atoms with Gasteiger partial charge in [0.15, 0.2) is 0 Å². The number of amides is 1. The first kappa shape index (κ1) is 19.5. The SMILES string of the molecule is COc1ccc(NC(=O)CC(C)N[C@@H](Cc2ccccc2)C(=O)O)cc1. The molecule has 0 saturated heterocycles. The van der Waals surface area contributed by atoms with Crippen molar-refractivity contribution in [1.29, 1.82) is 0 Å². The smallest absolute Gasteiger partial charge is 0.321 e. The maximum Gasteiger partial charge on any atom is 0.321 e. The van der Waals surface area contributed by atoms with E-state index in [2.05, 4.69) is 10.6 Å². The Bertz CT molecular complexity index is 716. The van der Waals surface area contributed by atoms with Gasteiger partial charge < -0.3 is 20.5 Å². The van der Waals surface area contributed by atoms with Gasteiger partial charge in [-0.15, -0.1) is 0 Å². The van der Waals surface area contributed by atoms with Crippen LogP contribution in [-0.2, 0) is 16.0 Å². The summed E-state index contributed by atoms with van der Waals surface area (Å²) in [5.74, 6) is -0.404. The minimum Gasteiger partial charge on any atom is -0.497 e. The van der Waals surface area contributed by atoms with E-state index in [4.69, 9.17) is 4.74 Å². The molecule has 2 aromatic carbocycles. The first-order chi connectivity index (χ1) is 12.5. The molecule has 0 bridgehead atoms. The van der Waals surface area contributed by atoms with E-state index in [0.717, 1.165) is 5.56 Å². The number of benzene rings is 2. The van der Waals surface area contributed by atoms with Crippen LogP contribution in [0.5, 0.6) is 5.75 Å². The van der Waals surface area contributed by atoms with Crippen molar-refractivity contribution < 1.29 is 19.4 Å². The second kappa shape index (κ2) is 9.58. The molecule has 0 saturated carbocycles. The largest absolute Gasteiger partial charge is 0.497 e. The monoisotopic (exact) mass is 356 g/mol. The first-order valence-electron chi connectivity index (χ1n) is 8.44. The number of hydrogen-bond donors (Lipinski definition) is 3. The molecule has 0 radical (unpaired) electrons. The molecule has 0 aliphatic rings. The van der Waals surface area contributed by atoms with Crippen LogP contribution in [0.1, 0.15) is 18.9 Å². The molecule has 6 nitrogen and oxygen atoms in total. The lowest BCUT2D eigenvalue weighted by atomic mass is 10.0. The van der Waals surface area contributed by atoms with E-state index in [-0.39, 0.29) is 18.4 Å². The number of rotatable bonds is 9. The summed E-state index contributed by atoms with van der Waals surface area (Å²) in [4.78, 5) is 23.7. The zero-order valence-corrected chi connectivity index (χ0v) is 14.9. The highest BCUT2D eigenvalue weighted by Gasteiger charge is 2.21. The van der Waals surface area contributed by atoms with Crippen molar-refractivity contribution in [3.05, 3.63) is 60.2 Å². The third-order valence-electron chi connectivity index (χ3n) is 3.93. The van der Waals surface area contributed by atoms with Crippen LogP contribution in [0, 0.1) is 0 Å². The molecule has 0 aliphatic heterocycles. The van der Waals surface area contributed by atoms with E-state index in [1.165, 1.54) is 0 Å². The molecular weight excluding hydrogens is 332 g/mol. The third kappa shape index (κ3) is 6.22.